The van der Waals surface area contributed by atoms with Crippen molar-refractivity contribution in [1.82, 2.24) is 10.1 Å². The van der Waals surface area contributed by atoms with Crippen molar-refractivity contribution in [2.75, 3.05) is 5.75 Å². The summed E-state index contributed by atoms with van der Waals surface area (Å²) >= 11 is 3.72. The van der Waals surface area contributed by atoms with Gasteiger partial charge in [-0.05, 0) is 48.1 Å². The second-order valence-electron chi connectivity index (χ2n) is 4.83. The van der Waals surface area contributed by atoms with Crippen LogP contribution in [-0.2, 0) is 12.2 Å². The zero-order valence-electron chi connectivity index (χ0n) is 11.1. The molecule has 1 aliphatic heterocycles. The van der Waals surface area contributed by atoms with Crippen molar-refractivity contribution in [2.24, 2.45) is 0 Å². The van der Waals surface area contributed by atoms with Gasteiger partial charge < -0.3 is 9.63 Å². The Hall–Kier alpha value is -1.79. The van der Waals surface area contributed by atoms with Gasteiger partial charge in [-0.15, -0.1) is 11.3 Å². The van der Waals surface area contributed by atoms with Crippen molar-refractivity contribution in [3.63, 3.8) is 0 Å². The lowest BCUT2D eigenvalue weighted by Gasteiger charge is -2.08. The van der Waals surface area contributed by atoms with Crippen LogP contribution >= 0.6 is 23.1 Å². The molecule has 0 atom stereocenters. The second kappa shape index (κ2) is 5.20. The Morgan fingerprint density at radius 1 is 1.19 bits per heavy atom. The molecular weight excluding hydrogens is 304 g/mol. The fourth-order valence-corrected chi connectivity index (χ4v) is 4.60. The van der Waals surface area contributed by atoms with Gasteiger partial charge in [0.2, 0.25) is 5.82 Å². The molecule has 0 radical (unpaired) electrons. The summed E-state index contributed by atoms with van der Waals surface area (Å²) in [6.07, 6.45) is 1.13. The molecule has 0 bridgehead atoms. The van der Waals surface area contributed by atoms with Crippen LogP contribution in [0.3, 0.4) is 0 Å². The van der Waals surface area contributed by atoms with Gasteiger partial charge in [0.15, 0.2) is 0 Å². The Labute approximate surface area is 129 Å². The zero-order chi connectivity index (χ0) is 14.2. The number of hydrogen-bond donors (Lipinski definition) is 1. The van der Waals surface area contributed by atoms with E-state index in [2.05, 4.69) is 16.2 Å². The first-order valence-electron chi connectivity index (χ1n) is 6.62. The predicted octanol–water partition coefficient (Wildman–Crippen LogP) is 3.96. The Morgan fingerprint density at radius 2 is 2.05 bits per heavy atom. The van der Waals surface area contributed by atoms with E-state index in [-0.39, 0.29) is 5.75 Å². The minimum atomic E-state index is 0.228. The quantitative estimate of drug-likeness (QED) is 0.775. The van der Waals surface area contributed by atoms with Crippen LogP contribution in [0.5, 0.6) is 5.75 Å². The lowest BCUT2D eigenvalue weighted by molar-refractivity contribution is 0.433. The monoisotopic (exact) mass is 316 g/mol. The van der Waals surface area contributed by atoms with Crippen LogP contribution in [-0.4, -0.2) is 21.0 Å². The number of aromatic nitrogens is 2. The van der Waals surface area contributed by atoms with Gasteiger partial charge in [0, 0.05) is 16.2 Å². The topological polar surface area (TPSA) is 59.2 Å². The molecule has 0 saturated carbocycles. The molecule has 3 heterocycles. The van der Waals surface area contributed by atoms with Crippen molar-refractivity contribution >= 4 is 23.1 Å². The number of benzene rings is 1. The standard InChI is InChI=1S/C15H12N2O2S2/c18-11-3-1-9(2-4-11)14-16-15(19-17-14)13-7-10-8-20-6-5-12(10)21-13/h1-4,7,18H,5-6,8H2. The molecule has 4 rings (SSSR count). The molecule has 4 nitrogen and oxygen atoms in total. The number of thioether (sulfide) groups is 1. The molecule has 3 aromatic rings. The van der Waals surface area contributed by atoms with Gasteiger partial charge in [0.25, 0.3) is 5.89 Å². The van der Waals surface area contributed by atoms with Crippen LogP contribution in [0, 0.1) is 0 Å². The molecule has 1 N–H and O–H groups in total. The highest BCUT2D eigenvalue weighted by Crippen LogP contribution is 2.36. The molecule has 0 unspecified atom stereocenters. The van der Waals surface area contributed by atoms with E-state index in [1.165, 1.54) is 16.2 Å². The van der Waals surface area contributed by atoms with E-state index in [1.54, 1.807) is 35.6 Å². The number of fused-ring (bicyclic) bond motifs is 1. The normalized spacial score (nSPS) is 14.1. The van der Waals surface area contributed by atoms with Crippen molar-refractivity contribution in [1.29, 1.82) is 0 Å². The van der Waals surface area contributed by atoms with Gasteiger partial charge in [-0.2, -0.15) is 16.7 Å². The zero-order valence-corrected chi connectivity index (χ0v) is 12.7. The number of phenolic OH excluding ortho intramolecular Hbond substituents is 1. The van der Waals surface area contributed by atoms with Gasteiger partial charge in [-0.25, -0.2) is 0 Å². The van der Waals surface area contributed by atoms with Crippen LogP contribution in [0.1, 0.15) is 10.4 Å². The summed E-state index contributed by atoms with van der Waals surface area (Å²) in [4.78, 5) is 6.95. The van der Waals surface area contributed by atoms with Crippen LogP contribution in [0.15, 0.2) is 34.9 Å². The average molecular weight is 316 g/mol. The fourth-order valence-electron chi connectivity index (χ4n) is 2.30. The minimum Gasteiger partial charge on any atom is -0.508 e. The molecule has 0 saturated heterocycles. The first-order valence-corrected chi connectivity index (χ1v) is 8.59. The van der Waals surface area contributed by atoms with E-state index >= 15 is 0 Å². The van der Waals surface area contributed by atoms with Crippen LogP contribution in [0.25, 0.3) is 22.2 Å². The molecule has 0 fully saturated rings. The van der Waals surface area contributed by atoms with Crippen LogP contribution < -0.4 is 0 Å². The summed E-state index contributed by atoms with van der Waals surface area (Å²) in [6, 6.07) is 8.96. The van der Waals surface area contributed by atoms with Crippen molar-refractivity contribution < 1.29 is 9.63 Å². The van der Waals surface area contributed by atoms with Gasteiger partial charge in [-0.1, -0.05) is 5.16 Å². The Kier molecular flexibility index (Phi) is 3.20. The molecule has 0 spiro atoms. The molecule has 106 valence electrons. The Morgan fingerprint density at radius 3 is 2.86 bits per heavy atom. The maximum Gasteiger partial charge on any atom is 0.268 e. The number of aryl methyl sites for hydroxylation is 1. The third-order valence-corrected chi connectivity index (χ3v) is 5.62. The van der Waals surface area contributed by atoms with Crippen LogP contribution in [0.4, 0.5) is 0 Å². The number of aromatic hydroxyl groups is 1. The average Bonchev–Trinajstić information content (AvgIpc) is 3.14. The molecule has 2 aromatic heterocycles. The second-order valence-corrected chi connectivity index (χ2v) is 7.07. The predicted molar refractivity (Wildman–Crippen MR) is 84.6 cm³/mol. The molecule has 0 aliphatic carbocycles. The largest absolute Gasteiger partial charge is 0.508 e. The van der Waals surface area contributed by atoms with Gasteiger partial charge >= 0.3 is 0 Å². The lowest BCUT2D eigenvalue weighted by Crippen LogP contribution is -1.96. The molecule has 1 aliphatic rings. The first kappa shape index (κ1) is 12.9. The van der Waals surface area contributed by atoms with Gasteiger partial charge in [0.05, 0.1) is 4.88 Å². The van der Waals surface area contributed by atoms with Crippen LogP contribution in [0.2, 0.25) is 0 Å². The lowest BCUT2D eigenvalue weighted by atomic mass is 10.2. The van der Waals surface area contributed by atoms with E-state index in [0.29, 0.717) is 11.7 Å². The highest BCUT2D eigenvalue weighted by atomic mass is 32.2. The van der Waals surface area contributed by atoms with Gasteiger partial charge in [-0.3, -0.25) is 0 Å². The van der Waals surface area contributed by atoms with Crippen molar-refractivity contribution in [3.8, 4) is 27.9 Å². The molecule has 1 aromatic carbocycles. The van der Waals surface area contributed by atoms with E-state index in [9.17, 15) is 5.11 Å². The van der Waals surface area contributed by atoms with E-state index in [0.717, 1.165) is 22.6 Å². The number of hydrogen-bond acceptors (Lipinski definition) is 6. The minimum absolute atomic E-state index is 0.228. The Balaban J connectivity index is 1.67. The summed E-state index contributed by atoms with van der Waals surface area (Å²) in [7, 11) is 0. The van der Waals surface area contributed by atoms with Gasteiger partial charge in [0.1, 0.15) is 5.75 Å². The third-order valence-electron chi connectivity index (χ3n) is 3.39. The summed E-state index contributed by atoms with van der Waals surface area (Å²) in [6.45, 7) is 0. The van der Waals surface area contributed by atoms with Crippen molar-refractivity contribution in [3.05, 3.63) is 40.8 Å². The molecule has 0 amide bonds. The van der Waals surface area contributed by atoms with Crippen molar-refractivity contribution in [2.45, 2.75) is 12.2 Å². The summed E-state index contributed by atoms with van der Waals surface area (Å²) in [5, 5.41) is 13.3. The maximum absolute atomic E-state index is 9.32. The first-order chi connectivity index (χ1) is 10.3. The number of rotatable bonds is 2. The summed E-state index contributed by atoms with van der Waals surface area (Å²) in [5.41, 5.74) is 2.23. The maximum atomic E-state index is 9.32. The van der Waals surface area contributed by atoms with E-state index < -0.39 is 0 Å². The molecule has 6 heteroatoms. The number of phenols is 1. The van der Waals surface area contributed by atoms with E-state index in [1.807, 2.05) is 11.8 Å². The molecule has 21 heavy (non-hydrogen) atoms. The fraction of sp³-hybridized carbons (Fsp3) is 0.200. The SMILES string of the molecule is Oc1ccc(-c2noc(-c3cc4c(s3)CCSC4)n2)cc1. The summed E-state index contributed by atoms with van der Waals surface area (Å²) in [5.74, 6) is 3.61. The molecular formula is C15H12N2O2S2. The number of nitrogens with zero attached hydrogens (tertiary/aromatic N) is 2. The summed E-state index contributed by atoms with van der Waals surface area (Å²) < 4.78 is 5.39. The highest BCUT2D eigenvalue weighted by Gasteiger charge is 2.18. The highest BCUT2D eigenvalue weighted by molar-refractivity contribution is 7.98. The smallest absolute Gasteiger partial charge is 0.268 e. The Bertz CT molecular complexity index is 754. The van der Waals surface area contributed by atoms with E-state index in [4.69, 9.17) is 4.52 Å². The number of thiophene rings is 1. The third kappa shape index (κ3) is 2.45.